The molecule has 19 heavy (non-hydrogen) atoms. The van der Waals surface area contributed by atoms with Gasteiger partial charge in [-0.05, 0) is 26.8 Å². The molecule has 2 rings (SSSR count). The van der Waals surface area contributed by atoms with E-state index in [2.05, 4.69) is 9.97 Å². The van der Waals surface area contributed by atoms with Gasteiger partial charge in [0.25, 0.3) is 0 Å². The third-order valence-electron chi connectivity index (χ3n) is 2.81. The minimum Gasteiger partial charge on any atom is -0.466 e. The first-order valence-corrected chi connectivity index (χ1v) is 5.90. The van der Waals surface area contributed by atoms with Crippen molar-refractivity contribution in [2.45, 2.75) is 27.2 Å². The van der Waals surface area contributed by atoms with Gasteiger partial charge >= 0.3 is 0 Å². The number of nitrogens with zero attached hydrogens (tertiary/aromatic N) is 2. The fourth-order valence-electron chi connectivity index (χ4n) is 1.91. The first-order chi connectivity index (χ1) is 8.99. The Labute approximate surface area is 110 Å². The molecule has 0 bridgehead atoms. The number of ketones is 2. The van der Waals surface area contributed by atoms with E-state index in [0.717, 1.165) is 0 Å². The maximum atomic E-state index is 12.0. The average Bonchev–Trinajstić information content (AvgIpc) is 2.69. The molecule has 0 fully saturated rings. The highest BCUT2D eigenvalue weighted by Crippen LogP contribution is 2.17. The fourth-order valence-corrected chi connectivity index (χ4v) is 1.91. The molecular formula is C14H14N2O3. The van der Waals surface area contributed by atoms with Gasteiger partial charge in [-0.25, -0.2) is 4.98 Å². The molecule has 5 nitrogen and oxygen atoms in total. The van der Waals surface area contributed by atoms with Crippen LogP contribution >= 0.6 is 0 Å². The van der Waals surface area contributed by atoms with Gasteiger partial charge in [-0.3, -0.25) is 14.6 Å². The van der Waals surface area contributed by atoms with Crippen molar-refractivity contribution in [1.29, 1.82) is 0 Å². The van der Waals surface area contributed by atoms with Gasteiger partial charge in [0.05, 0.1) is 17.7 Å². The number of hydrogen-bond donors (Lipinski definition) is 0. The topological polar surface area (TPSA) is 73.1 Å². The van der Waals surface area contributed by atoms with Crippen molar-refractivity contribution in [2.24, 2.45) is 0 Å². The molecular weight excluding hydrogens is 244 g/mol. The quantitative estimate of drug-likeness (QED) is 0.622. The van der Waals surface area contributed by atoms with Crippen LogP contribution in [0.15, 0.2) is 22.9 Å². The molecule has 0 saturated carbocycles. The third-order valence-corrected chi connectivity index (χ3v) is 2.81. The zero-order chi connectivity index (χ0) is 14.0. The number of Topliss-reactive ketones (excluding diaryl/α,β-unsaturated/α-hetero) is 2. The van der Waals surface area contributed by atoms with Crippen LogP contribution in [0.5, 0.6) is 0 Å². The summed E-state index contributed by atoms with van der Waals surface area (Å²) in [6, 6.07) is 1.65. The molecule has 2 heterocycles. The van der Waals surface area contributed by atoms with Crippen LogP contribution in [0.3, 0.4) is 0 Å². The summed E-state index contributed by atoms with van der Waals surface area (Å²) in [4.78, 5) is 32.0. The zero-order valence-corrected chi connectivity index (χ0v) is 11.1. The molecule has 0 amide bonds. The average molecular weight is 258 g/mol. The number of aromatic nitrogens is 2. The van der Waals surface area contributed by atoms with Gasteiger partial charge < -0.3 is 4.42 Å². The number of hydrogen-bond acceptors (Lipinski definition) is 5. The second kappa shape index (κ2) is 5.14. The Bertz CT molecular complexity index is 644. The summed E-state index contributed by atoms with van der Waals surface area (Å²) in [6.45, 7) is 5.16. The highest BCUT2D eigenvalue weighted by molar-refractivity contribution is 6.13. The van der Waals surface area contributed by atoms with Crippen LogP contribution in [0.2, 0.25) is 0 Å². The number of carbonyl (C=O) groups excluding carboxylic acids is 2. The first-order valence-electron chi connectivity index (χ1n) is 5.90. The molecule has 0 unspecified atom stereocenters. The smallest absolute Gasteiger partial charge is 0.190 e. The van der Waals surface area contributed by atoms with Crippen LogP contribution in [0.1, 0.15) is 44.5 Å². The minimum absolute atomic E-state index is 0.223. The number of furan rings is 1. The molecule has 0 saturated heterocycles. The SMILES string of the molecule is Cc1cc(C(=O)CC(=O)c2nccnc2C)c(C)o1. The monoisotopic (exact) mass is 258 g/mol. The van der Waals surface area contributed by atoms with E-state index < -0.39 is 0 Å². The lowest BCUT2D eigenvalue weighted by Crippen LogP contribution is -2.12. The maximum absolute atomic E-state index is 12.0. The normalized spacial score (nSPS) is 10.5. The van der Waals surface area contributed by atoms with Gasteiger partial charge in [0.1, 0.15) is 17.2 Å². The summed E-state index contributed by atoms with van der Waals surface area (Å²) < 4.78 is 5.29. The van der Waals surface area contributed by atoms with Crippen molar-refractivity contribution >= 4 is 11.6 Å². The molecule has 0 spiro atoms. The fraction of sp³-hybridized carbons (Fsp3) is 0.286. The Kier molecular flexibility index (Phi) is 3.55. The van der Waals surface area contributed by atoms with Crippen LogP contribution in [0, 0.1) is 20.8 Å². The van der Waals surface area contributed by atoms with E-state index in [1.54, 1.807) is 26.8 Å². The van der Waals surface area contributed by atoms with E-state index in [1.165, 1.54) is 12.4 Å². The molecule has 98 valence electrons. The van der Waals surface area contributed by atoms with E-state index in [4.69, 9.17) is 4.42 Å². The van der Waals surface area contributed by atoms with Crippen LogP contribution < -0.4 is 0 Å². The van der Waals surface area contributed by atoms with Crippen molar-refractivity contribution in [3.63, 3.8) is 0 Å². The number of aryl methyl sites for hydroxylation is 3. The molecule has 0 aliphatic heterocycles. The predicted molar refractivity (Wildman–Crippen MR) is 68.2 cm³/mol. The Morgan fingerprint density at radius 3 is 2.37 bits per heavy atom. The van der Waals surface area contributed by atoms with E-state index in [9.17, 15) is 9.59 Å². The van der Waals surface area contributed by atoms with Crippen molar-refractivity contribution in [2.75, 3.05) is 0 Å². The van der Waals surface area contributed by atoms with E-state index in [-0.39, 0.29) is 23.7 Å². The molecule has 2 aromatic rings. The van der Waals surface area contributed by atoms with Gasteiger partial charge in [-0.15, -0.1) is 0 Å². The summed E-state index contributed by atoms with van der Waals surface area (Å²) in [5, 5.41) is 0. The minimum atomic E-state index is -0.325. The lowest BCUT2D eigenvalue weighted by Gasteiger charge is -2.01. The Balaban J connectivity index is 2.18. The largest absolute Gasteiger partial charge is 0.466 e. The second-order valence-electron chi connectivity index (χ2n) is 4.34. The van der Waals surface area contributed by atoms with Gasteiger partial charge in [-0.2, -0.15) is 0 Å². The Hall–Kier alpha value is -2.30. The number of carbonyl (C=O) groups is 2. The van der Waals surface area contributed by atoms with Crippen LogP contribution in [-0.2, 0) is 0 Å². The Morgan fingerprint density at radius 1 is 1.11 bits per heavy atom. The summed E-state index contributed by atoms with van der Waals surface area (Å²) in [5.41, 5.74) is 1.22. The first kappa shape index (κ1) is 13.1. The summed E-state index contributed by atoms with van der Waals surface area (Å²) in [7, 11) is 0. The van der Waals surface area contributed by atoms with Gasteiger partial charge in [0.15, 0.2) is 11.6 Å². The van der Waals surface area contributed by atoms with E-state index in [0.29, 0.717) is 22.8 Å². The van der Waals surface area contributed by atoms with Crippen LogP contribution in [-0.4, -0.2) is 21.5 Å². The van der Waals surface area contributed by atoms with Crippen molar-refractivity contribution in [1.82, 2.24) is 9.97 Å². The molecule has 0 radical (unpaired) electrons. The second-order valence-corrected chi connectivity index (χ2v) is 4.34. The maximum Gasteiger partial charge on any atom is 0.190 e. The van der Waals surface area contributed by atoms with Gasteiger partial charge in [0.2, 0.25) is 0 Å². The van der Waals surface area contributed by atoms with Crippen molar-refractivity contribution in [3.8, 4) is 0 Å². The lowest BCUT2D eigenvalue weighted by atomic mass is 10.0. The molecule has 0 atom stereocenters. The molecule has 0 N–H and O–H groups in total. The summed E-state index contributed by atoms with van der Waals surface area (Å²) in [5.74, 6) is 0.605. The van der Waals surface area contributed by atoms with Crippen LogP contribution in [0.4, 0.5) is 0 Å². The summed E-state index contributed by atoms with van der Waals surface area (Å²) >= 11 is 0. The zero-order valence-electron chi connectivity index (χ0n) is 11.1. The lowest BCUT2D eigenvalue weighted by molar-refractivity contribution is 0.0890. The Morgan fingerprint density at radius 2 is 1.79 bits per heavy atom. The standard InChI is InChI=1S/C14H14N2O3/c1-8-6-11(10(3)19-8)12(17)7-13(18)14-9(2)15-4-5-16-14/h4-6H,7H2,1-3H3. The highest BCUT2D eigenvalue weighted by Gasteiger charge is 2.20. The molecule has 0 aromatic carbocycles. The molecule has 0 aliphatic rings. The van der Waals surface area contributed by atoms with Gasteiger partial charge in [-0.1, -0.05) is 0 Å². The third kappa shape index (κ3) is 2.76. The molecule has 2 aromatic heterocycles. The summed E-state index contributed by atoms with van der Waals surface area (Å²) in [6.07, 6.45) is 2.73. The number of rotatable bonds is 4. The van der Waals surface area contributed by atoms with Crippen molar-refractivity contribution < 1.29 is 14.0 Å². The van der Waals surface area contributed by atoms with E-state index >= 15 is 0 Å². The highest BCUT2D eigenvalue weighted by atomic mass is 16.3. The van der Waals surface area contributed by atoms with Crippen LogP contribution in [0.25, 0.3) is 0 Å². The predicted octanol–water partition coefficient (Wildman–Crippen LogP) is 2.45. The van der Waals surface area contributed by atoms with Crippen molar-refractivity contribution in [3.05, 3.63) is 46.9 Å². The molecule has 0 aliphatic carbocycles. The van der Waals surface area contributed by atoms with Gasteiger partial charge in [0, 0.05) is 12.4 Å². The molecule has 5 heteroatoms. The van der Waals surface area contributed by atoms with E-state index in [1.807, 2.05) is 0 Å².